The van der Waals surface area contributed by atoms with E-state index < -0.39 is 22.6 Å². The van der Waals surface area contributed by atoms with Gasteiger partial charge in [0.15, 0.2) is 0 Å². The van der Waals surface area contributed by atoms with Gasteiger partial charge >= 0.3 is 0 Å². The Morgan fingerprint density at radius 1 is 1.15 bits per heavy atom. The van der Waals surface area contributed by atoms with Gasteiger partial charge in [0.05, 0.1) is 23.2 Å². The van der Waals surface area contributed by atoms with Crippen LogP contribution in [-0.4, -0.2) is 63.0 Å². The van der Waals surface area contributed by atoms with Gasteiger partial charge in [0.25, 0.3) is 0 Å². The number of aliphatic hydroxyl groups excluding tert-OH is 1. The fourth-order valence-electron chi connectivity index (χ4n) is 6.74. The molecule has 5 rings (SSSR count). The molecule has 8 heteroatoms. The Morgan fingerprint density at radius 3 is 2.58 bits per heavy atom. The minimum absolute atomic E-state index is 0.0129. The summed E-state index contributed by atoms with van der Waals surface area (Å²) >= 11 is 1.67. The van der Waals surface area contributed by atoms with Gasteiger partial charge < -0.3 is 20.6 Å². The predicted molar refractivity (Wildman–Crippen MR) is 128 cm³/mol. The van der Waals surface area contributed by atoms with Crippen molar-refractivity contribution in [1.82, 2.24) is 10.2 Å². The fraction of sp³-hybridized carbons (Fsp3) is 0.640. The summed E-state index contributed by atoms with van der Waals surface area (Å²) in [5, 5.41) is 16.0. The van der Waals surface area contributed by atoms with Crippen LogP contribution in [0.1, 0.15) is 45.4 Å². The lowest BCUT2D eigenvalue weighted by Crippen LogP contribution is -2.58. The predicted octanol–water partition coefficient (Wildman–Crippen LogP) is 2.40. The summed E-state index contributed by atoms with van der Waals surface area (Å²) < 4.78 is -0.631. The molecule has 3 aliphatic heterocycles. The Hall–Kier alpha value is -2.06. The molecule has 1 aromatic rings. The van der Waals surface area contributed by atoms with Crippen LogP contribution < -0.4 is 10.6 Å². The molecule has 178 valence electrons. The maximum Gasteiger partial charge on any atom is 0.244 e. The van der Waals surface area contributed by atoms with Gasteiger partial charge in [-0.2, -0.15) is 0 Å². The third-order valence-electron chi connectivity index (χ3n) is 8.13. The Bertz CT molecular complexity index is 921. The normalized spacial score (nSPS) is 35.5. The van der Waals surface area contributed by atoms with Gasteiger partial charge in [-0.05, 0) is 37.3 Å². The number of carbonyl (C=O) groups excluding carboxylic acids is 3. The molecule has 3 unspecified atom stereocenters. The average Bonchev–Trinajstić information content (AvgIpc) is 3.39. The standard InChI is InChI=1S/C25H33N3O4S/c1-15-14-18-19(22(30)26-16-8-4-2-5-9-16)20-24(32)28(12-13-29)21(25(15,20)33-18)23(31)27-17-10-6-3-7-11-17/h2,4-5,8-9,15,17-21,29H,3,6-7,10-14H2,1H3,(H,26,30)(H,27,31)/t15?,18-,19+,20-,21?,25?/m0/s1. The zero-order chi connectivity index (χ0) is 23.2. The summed E-state index contributed by atoms with van der Waals surface area (Å²) in [5.41, 5.74) is 0.710. The third-order valence-corrected chi connectivity index (χ3v) is 10.2. The quantitative estimate of drug-likeness (QED) is 0.592. The molecule has 1 saturated carbocycles. The number of hydrogen-bond donors (Lipinski definition) is 3. The Balaban J connectivity index is 1.45. The zero-order valence-corrected chi connectivity index (χ0v) is 19.9. The second-order valence-electron chi connectivity index (χ2n) is 10.0. The van der Waals surface area contributed by atoms with Crippen molar-refractivity contribution in [3.63, 3.8) is 0 Å². The molecular weight excluding hydrogens is 438 g/mol. The monoisotopic (exact) mass is 471 g/mol. The van der Waals surface area contributed by atoms with Crippen LogP contribution in [-0.2, 0) is 14.4 Å². The number of likely N-dealkylation sites (tertiary alicyclic amines) is 1. The summed E-state index contributed by atoms with van der Waals surface area (Å²) in [6.07, 6.45) is 6.16. The largest absolute Gasteiger partial charge is 0.395 e. The van der Waals surface area contributed by atoms with Crippen LogP contribution in [0.25, 0.3) is 0 Å². The Kier molecular flexibility index (Phi) is 6.16. The SMILES string of the molecule is CC1C[C@@H]2SC13C(C(=O)NC1CCCCC1)N(CCO)C(=O)[C@@H]3[C@@H]2C(=O)Nc1ccccc1. The van der Waals surface area contributed by atoms with Gasteiger partial charge in [-0.25, -0.2) is 0 Å². The molecule has 0 radical (unpaired) electrons. The van der Waals surface area contributed by atoms with E-state index in [1.54, 1.807) is 16.7 Å². The highest BCUT2D eigenvalue weighted by molar-refractivity contribution is 8.02. The van der Waals surface area contributed by atoms with Crippen molar-refractivity contribution >= 4 is 35.2 Å². The van der Waals surface area contributed by atoms with Crippen molar-refractivity contribution in [2.24, 2.45) is 17.8 Å². The maximum absolute atomic E-state index is 13.7. The van der Waals surface area contributed by atoms with Crippen LogP contribution >= 0.6 is 11.8 Å². The van der Waals surface area contributed by atoms with Crippen molar-refractivity contribution in [1.29, 1.82) is 0 Å². The number of thioether (sulfide) groups is 1. The minimum atomic E-state index is -0.649. The van der Waals surface area contributed by atoms with Crippen LogP contribution in [0.3, 0.4) is 0 Å². The van der Waals surface area contributed by atoms with Gasteiger partial charge in [-0.15, -0.1) is 11.8 Å². The molecule has 1 aliphatic carbocycles. The molecule has 2 bridgehead atoms. The first-order chi connectivity index (χ1) is 16.0. The second kappa shape index (κ2) is 8.95. The number of rotatable bonds is 6. The summed E-state index contributed by atoms with van der Waals surface area (Å²) in [6, 6.07) is 8.79. The highest BCUT2D eigenvalue weighted by atomic mass is 32.2. The van der Waals surface area contributed by atoms with Crippen LogP contribution in [0.15, 0.2) is 30.3 Å². The van der Waals surface area contributed by atoms with E-state index in [1.807, 2.05) is 30.3 Å². The highest BCUT2D eigenvalue weighted by Crippen LogP contribution is 2.68. The number of β-amino-alcohol motifs (C(OH)–C–C–N with tert-alkyl or cyclic N) is 1. The molecule has 4 fully saturated rings. The van der Waals surface area contributed by atoms with Crippen molar-refractivity contribution in [2.75, 3.05) is 18.5 Å². The first-order valence-corrected chi connectivity index (χ1v) is 13.1. The zero-order valence-electron chi connectivity index (χ0n) is 19.0. The van der Waals surface area contributed by atoms with Gasteiger partial charge in [-0.1, -0.05) is 44.4 Å². The smallest absolute Gasteiger partial charge is 0.244 e. The lowest BCUT2D eigenvalue weighted by atomic mass is 9.65. The van der Waals surface area contributed by atoms with E-state index in [0.717, 1.165) is 32.1 Å². The van der Waals surface area contributed by atoms with E-state index >= 15 is 0 Å². The number of hydrogen-bond acceptors (Lipinski definition) is 5. The van der Waals surface area contributed by atoms with Crippen LogP contribution in [0, 0.1) is 17.8 Å². The third kappa shape index (κ3) is 3.66. The van der Waals surface area contributed by atoms with E-state index in [4.69, 9.17) is 0 Å². The molecule has 1 spiro atoms. The number of fused-ring (bicyclic) bond motifs is 1. The van der Waals surface area contributed by atoms with Crippen LogP contribution in [0.4, 0.5) is 5.69 Å². The Morgan fingerprint density at radius 2 is 1.88 bits per heavy atom. The molecule has 7 nitrogen and oxygen atoms in total. The lowest BCUT2D eigenvalue weighted by molar-refractivity contribution is -0.139. The first-order valence-electron chi connectivity index (χ1n) is 12.2. The molecule has 1 aromatic carbocycles. The number of para-hydroxylation sites is 1. The molecule has 3 saturated heterocycles. The average molecular weight is 472 g/mol. The van der Waals surface area contributed by atoms with Gasteiger partial charge in [0.1, 0.15) is 6.04 Å². The fourth-order valence-corrected chi connectivity index (χ4v) is 9.16. The molecule has 33 heavy (non-hydrogen) atoms. The van der Waals surface area contributed by atoms with Crippen LogP contribution in [0.2, 0.25) is 0 Å². The number of amides is 3. The van der Waals surface area contributed by atoms with E-state index in [0.29, 0.717) is 5.69 Å². The maximum atomic E-state index is 13.7. The van der Waals surface area contributed by atoms with Gasteiger partial charge in [0.2, 0.25) is 17.7 Å². The van der Waals surface area contributed by atoms with Crippen molar-refractivity contribution in [2.45, 2.75) is 67.5 Å². The topological polar surface area (TPSA) is 98.7 Å². The van der Waals surface area contributed by atoms with E-state index in [9.17, 15) is 19.5 Å². The van der Waals surface area contributed by atoms with Gasteiger partial charge in [0, 0.05) is 23.5 Å². The Labute approximate surface area is 199 Å². The molecule has 3 heterocycles. The first kappa shape index (κ1) is 22.7. The summed E-state index contributed by atoms with van der Waals surface area (Å²) in [4.78, 5) is 42.4. The molecule has 0 aromatic heterocycles. The molecule has 4 aliphatic rings. The van der Waals surface area contributed by atoms with E-state index in [2.05, 4.69) is 17.6 Å². The van der Waals surface area contributed by atoms with Crippen molar-refractivity contribution < 1.29 is 19.5 Å². The highest BCUT2D eigenvalue weighted by Gasteiger charge is 2.75. The van der Waals surface area contributed by atoms with Crippen LogP contribution in [0.5, 0.6) is 0 Å². The summed E-state index contributed by atoms with van der Waals surface area (Å²) in [7, 11) is 0. The second-order valence-corrected chi connectivity index (χ2v) is 11.6. The molecule has 3 amide bonds. The minimum Gasteiger partial charge on any atom is -0.395 e. The lowest BCUT2D eigenvalue weighted by Gasteiger charge is -2.39. The van der Waals surface area contributed by atoms with E-state index in [1.165, 1.54) is 6.42 Å². The number of anilines is 1. The number of nitrogens with zero attached hydrogens (tertiary/aromatic N) is 1. The van der Waals surface area contributed by atoms with E-state index in [-0.39, 0.29) is 48.1 Å². The van der Waals surface area contributed by atoms with Crippen molar-refractivity contribution in [3.05, 3.63) is 30.3 Å². The molecule has 3 N–H and O–H groups in total. The molecular formula is C25H33N3O4S. The summed E-state index contributed by atoms with van der Waals surface area (Å²) in [5.74, 6) is -1.32. The van der Waals surface area contributed by atoms with Gasteiger partial charge in [-0.3, -0.25) is 14.4 Å². The van der Waals surface area contributed by atoms with Crippen molar-refractivity contribution in [3.8, 4) is 0 Å². The summed E-state index contributed by atoms with van der Waals surface area (Å²) in [6.45, 7) is 2.03. The number of benzene rings is 1. The molecule has 6 atom stereocenters. The number of nitrogens with one attached hydrogen (secondary N) is 2. The number of carbonyl (C=O) groups is 3. The number of aliphatic hydroxyl groups is 1.